The Hall–Kier alpha value is -1.58. The first-order valence-electron chi connectivity index (χ1n) is 11.9. The van der Waals surface area contributed by atoms with Crippen molar-refractivity contribution < 1.29 is 17.9 Å². The highest BCUT2D eigenvalue weighted by molar-refractivity contribution is 7.99. The maximum absolute atomic E-state index is 12.8. The molecule has 2 saturated heterocycles. The van der Waals surface area contributed by atoms with Crippen LogP contribution in [-0.4, -0.2) is 58.3 Å². The third kappa shape index (κ3) is 4.95. The van der Waals surface area contributed by atoms with E-state index in [1.807, 2.05) is 0 Å². The lowest BCUT2D eigenvalue weighted by molar-refractivity contribution is -0.137. The van der Waals surface area contributed by atoms with Gasteiger partial charge in [0.25, 0.3) is 0 Å². The van der Waals surface area contributed by atoms with Crippen molar-refractivity contribution in [2.45, 2.75) is 55.3 Å². The fourth-order valence-electron chi connectivity index (χ4n) is 5.56. The van der Waals surface area contributed by atoms with Gasteiger partial charge in [0.15, 0.2) is 5.16 Å². The minimum Gasteiger partial charge on any atom is -0.381 e. The predicted molar refractivity (Wildman–Crippen MR) is 121 cm³/mol. The van der Waals surface area contributed by atoms with Crippen LogP contribution in [0.5, 0.6) is 0 Å². The Bertz CT molecular complexity index is 958. The van der Waals surface area contributed by atoms with Crippen molar-refractivity contribution in [2.24, 2.45) is 12.5 Å². The van der Waals surface area contributed by atoms with Gasteiger partial charge in [0.2, 0.25) is 0 Å². The smallest absolute Gasteiger partial charge is 0.381 e. The lowest BCUT2D eigenvalue weighted by atomic mass is 9.97. The normalized spacial score (nSPS) is 26.4. The average Bonchev–Trinajstić information content (AvgIpc) is 3.15. The lowest BCUT2D eigenvalue weighted by Crippen LogP contribution is -2.23. The SMILES string of the molecule is Cn1c(SCCCN2CC[C@@]3(CC3c3ccc(C(F)(F)F)cc3)C2)nnc1C1CCOCC1. The number of halogens is 3. The molecule has 1 unspecified atom stereocenters. The molecule has 5 nitrogen and oxygen atoms in total. The fraction of sp³-hybridized carbons (Fsp3) is 0.667. The Balaban J connectivity index is 1.06. The summed E-state index contributed by atoms with van der Waals surface area (Å²) in [6, 6.07) is 5.81. The summed E-state index contributed by atoms with van der Waals surface area (Å²) in [7, 11) is 2.06. The summed E-state index contributed by atoms with van der Waals surface area (Å²) in [5.74, 6) is 2.93. The van der Waals surface area contributed by atoms with Crippen LogP contribution < -0.4 is 0 Å². The molecule has 2 atom stereocenters. The number of ether oxygens (including phenoxy) is 1. The van der Waals surface area contributed by atoms with Gasteiger partial charge in [-0.15, -0.1) is 10.2 Å². The molecule has 1 aliphatic carbocycles. The van der Waals surface area contributed by atoms with Crippen LogP contribution in [0.3, 0.4) is 0 Å². The van der Waals surface area contributed by atoms with Crippen LogP contribution in [-0.2, 0) is 18.0 Å². The number of hydrogen-bond acceptors (Lipinski definition) is 5. The predicted octanol–water partition coefficient (Wildman–Crippen LogP) is 5.09. The van der Waals surface area contributed by atoms with Crippen molar-refractivity contribution in [3.05, 3.63) is 41.2 Å². The van der Waals surface area contributed by atoms with Crippen molar-refractivity contribution >= 4 is 11.8 Å². The molecule has 0 N–H and O–H groups in total. The zero-order valence-electron chi connectivity index (χ0n) is 19.0. The molecule has 0 radical (unpaired) electrons. The maximum Gasteiger partial charge on any atom is 0.416 e. The second-order valence-electron chi connectivity index (χ2n) is 9.75. The number of rotatable bonds is 7. The van der Waals surface area contributed by atoms with Gasteiger partial charge in [0, 0.05) is 38.5 Å². The summed E-state index contributed by atoms with van der Waals surface area (Å²) in [6.07, 6.45) is 1.09. The molecule has 0 amide bonds. The highest BCUT2D eigenvalue weighted by atomic mass is 32.2. The second-order valence-corrected chi connectivity index (χ2v) is 10.8. The number of alkyl halides is 3. The Kier molecular flexibility index (Phi) is 6.48. The minimum absolute atomic E-state index is 0.273. The van der Waals surface area contributed by atoms with Crippen molar-refractivity contribution in [1.29, 1.82) is 0 Å². The van der Waals surface area contributed by atoms with E-state index >= 15 is 0 Å². The number of nitrogens with zero attached hydrogens (tertiary/aromatic N) is 4. The molecular weight excluding hydrogens is 449 g/mol. The third-order valence-electron chi connectivity index (χ3n) is 7.60. The average molecular weight is 481 g/mol. The van der Waals surface area contributed by atoms with E-state index in [9.17, 15) is 13.2 Å². The van der Waals surface area contributed by atoms with Crippen LogP contribution in [0, 0.1) is 5.41 Å². The van der Waals surface area contributed by atoms with Gasteiger partial charge >= 0.3 is 6.18 Å². The van der Waals surface area contributed by atoms with Gasteiger partial charge in [-0.2, -0.15) is 13.2 Å². The summed E-state index contributed by atoms with van der Waals surface area (Å²) in [5, 5.41) is 9.84. The monoisotopic (exact) mass is 480 g/mol. The summed E-state index contributed by atoms with van der Waals surface area (Å²) in [6.45, 7) is 4.80. The first kappa shape index (κ1) is 23.2. The van der Waals surface area contributed by atoms with Gasteiger partial charge in [-0.25, -0.2) is 0 Å². The number of likely N-dealkylation sites (tertiary alicyclic amines) is 1. The molecule has 3 aliphatic rings. The lowest BCUT2D eigenvalue weighted by Gasteiger charge is -2.21. The Labute approximate surface area is 197 Å². The molecule has 5 rings (SSSR count). The van der Waals surface area contributed by atoms with Crippen molar-refractivity contribution in [2.75, 3.05) is 38.6 Å². The molecule has 0 bridgehead atoms. The standard InChI is InChI=1S/C24H31F3N4OS/c1-30-21(18-7-12-32-13-8-18)28-29-22(30)33-14-2-10-31-11-9-23(16-31)15-20(23)17-3-5-19(6-4-17)24(25,26)27/h3-6,18,20H,2,7-16H2,1H3/t20?,23-/m1/s1. The molecule has 2 aliphatic heterocycles. The maximum atomic E-state index is 12.8. The van der Waals surface area contributed by atoms with E-state index in [1.54, 1.807) is 23.9 Å². The van der Waals surface area contributed by atoms with Gasteiger partial charge in [-0.05, 0) is 74.2 Å². The molecule has 1 saturated carbocycles. The summed E-state index contributed by atoms with van der Waals surface area (Å²) >= 11 is 1.77. The van der Waals surface area contributed by atoms with Gasteiger partial charge in [0.1, 0.15) is 5.82 Å². The van der Waals surface area contributed by atoms with Crippen LogP contribution in [0.25, 0.3) is 0 Å². The first-order chi connectivity index (χ1) is 15.9. The molecule has 3 fully saturated rings. The van der Waals surface area contributed by atoms with E-state index in [1.165, 1.54) is 12.1 Å². The van der Waals surface area contributed by atoms with Crippen molar-refractivity contribution in [1.82, 2.24) is 19.7 Å². The van der Waals surface area contributed by atoms with E-state index in [4.69, 9.17) is 4.74 Å². The molecular formula is C24H31F3N4OS. The van der Waals surface area contributed by atoms with Crippen LogP contribution in [0.15, 0.2) is 29.4 Å². The van der Waals surface area contributed by atoms with Gasteiger partial charge < -0.3 is 14.2 Å². The van der Waals surface area contributed by atoms with Gasteiger partial charge in [-0.1, -0.05) is 23.9 Å². The molecule has 1 spiro atoms. The van der Waals surface area contributed by atoms with E-state index in [-0.39, 0.29) is 5.41 Å². The van der Waals surface area contributed by atoms with Gasteiger partial charge in [0.05, 0.1) is 5.56 Å². The Morgan fingerprint density at radius 2 is 1.91 bits per heavy atom. The van der Waals surface area contributed by atoms with E-state index < -0.39 is 11.7 Å². The number of benzene rings is 1. The zero-order valence-corrected chi connectivity index (χ0v) is 19.8. The topological polar surface area (TPSA) is 43.2 Å². The van der Waals surface area contributed by atoms with Crippen molar-refractivity contribution in [3.63, 3.8) is 0 Å². The molecule has 180 valence electrons. The van der Waals surface area contributed by atoms with Crippen LogP contribution in [0.2, 0.25) is 0 Å². The first-order valence-corrected chi connectivity index (χ1v) is 12.8. The molecule has 9 heteroatoms. The molecule has 3 heterocycles. The van der Waals surface area contributed by atoms with Crippen LogP contribution in [0.1, 0.15) is 60.9 Å². The molecule has 1 aromatic heterocycles. The molecule has 2 aromatic rings. The van der Waals surface area contributed by atoms with Crippen LogP contribution >= 0.6 is 11.8 Å². The van der Waals surface area contributed by atoms with E-state index in [2.05, 4.69) is 26.7 Å². The largest absolute Gasteiger partial charge is 0.416 e. The highest BCUT2D eigenvalue weighted by Crippen LogP contribution is 2.64. The highest BCUT2D eigenvalue weighted by Gasteiger charge is 2.57. The Morgan fingerprint density at radius 3 is 2.64 bits per heavy atom. The molecule has 1 aromatic carbocycles. The van der Waals surface area contributed by atoms with Gasteiger partial charge in [-0.3, -0.25) is 0 Å². The van der Waals surface area contributed by atoms with Crippen LogP contribution in [0.4, 0.5) is 13.2 Å². The molecule has 33 heavy (non-hydrogen) atoms. The van der Waals surface area contributed by atoms with E-state index in [0.717, 1.165) is 87.2 Å². The number of aromatic nitrogens is 3. The number of hydrogen-bond donors (Lipinski definition) is 0. The third-order valence-corrected chi connectivity index (χ3v) is 8.71. The quantitative estimate of drug-likeness (QED) is 0.408. The summed E-state index contributed by atoms with van der Waals surface area (Å²) in [5.41, 5.74) is 0.770. The second kappa shape index (κ2) is 9.23. The van der Waals surface area contributed by atoms with Crippen molar-refractivity contribution in [3.8, 4) is 0 Å². The summed E-state index contributed by atoms with van der Waals surface area (Å²) < 4.78 is 46.1. The summed E-state index contributed by atoms with van der Waals surface area (Å²) in [4.78, 5) is 2.52. The Morgan fingerprint density at radius 1 is 1.15 bits per heavy atom. The fourth-order valence-corrected chi connectivity index (χ4v) is 6.41. The minimum atomic E-state index is -4.26. The van der Waals surface area contributed by atoms with E-state index in [0.29, 0.717) is 11.8 Å². The number of thioether (sulfide) groups is 1. The zero-order chi connectivity index (χ0) is 23.1.